The molecule has 1 aliphatic heterocycles. The second kappa shape index (κ2) is 7.10. The molecule has 0 aliphatic carbocycles. The minimum Gasteiger partial charge on any atom is -0.443 e. The predicted molar refractivity (Wildman–Crippen MR) is 119 cm³/mol. The highest BCUT2D eigenvalue weighted by Gasteiger charge is 2.54. The molecule has 0 saturated carbocycles. The van der Waals surface area contributed by atoms with Crippen LogP contribution in [0.1, 0.15) is 73.8 Å². The van der Waals surface area contributed by atoms with Crippen molar-refractivity contribution < 1.29 is 18.8 Å². The van der Waals surface area contributed by atoms with E-state index in [4.69, 9.17) is 14.0 Å². The van der Waals surface area contributed by atoms with Gasteiger partial charge in [0.15, 0.2) is 0 Å². The lowest BCUT2D eigenvalue weighted by Gasteiger charge is -2.32. The van der Waals surface area contributed by atoms with Gasteiger partial charge in [0.25, 0.3) is 0 Å². The number of hydrogen-bond donors (Lipinski definition) is 0. The van der Waals surface area contributed by atoms with Gasteiger partial charge in [-0.05, 0) is 88.0 Å². The number of ether oxygens (including phenoxy) is 1. The van der Waals surface area contributed by atoms with Gasteiger partial charge in [-0.25, -0.2) is 9.78 Å². The van der Waals surface area contributed by atoms with E-state index in [-0.39, 0.29) is 5.92 Å². The third kappa shape index (κ3) is 3.99. The van der Waals surface area contributed by atoms with E-state index in [1.165, 1.54) is 0 Å². The van der Waals surface area contributed by atoms with E-state index in [9.17, 15) is 4.79 Å². The first kappa shape index (κ1) is 22.3. The number of rotatable bonds is 2. The second-order valence-corrected chi connectivity index (χ2v) is 10.7. The van der Waals surface area contributed by atoms with E-state index < -0.39 is 30.0 Å². The number of hydrogen-bond acceptors (Lipinski definition) is 5. The molecule has 0 aromatic carbocycles. The highest BCUT2D eigenvalue weighted by atomic mass is 79.9. The standard InChI is InChI=1S/C21H30BBrN2O4/c1-12(2)15-16-13(10-11-14(23)24-16)25(18(26)27-19(3,4)5)17(15)22-28-20(6,7)21(8,9)29-22/h10-12H,1-9H3. The van der Waals surface area contributed by atoms with Crippen molar-refractivity contribution in [3.05, 3.63) is 22.3 Å². The van der Waals surface area contributed by atoms with Gasteiger partial charge in [0.05, 0.1) is 27.8 Å². The third-order valence-corrected chi connectivity index (χ3v) is 5.92. The summed E-state index contributed by atoms with van der Waals surface area (Å²) in [5.74, 6) is 0.0945. The molecule has 3 heterocycles. The van der Waals surface area contributed by atoms with Crippen LogP contribution in [0.25, 0.3) is 11.0 Å². The number of fused-ring (bicyclic) bond motifs is 1. The zero-order valence-electron chi connectivity index (χ0n) is 18.7. The summed E-state index contributed by atoms with van der Waals surface area (Å²) in [5.41, 5.74) is 1.28. The van der Waals surface area contributed by atoms with Crippen LogP contribution >= 0.6 is 15.9 Å². The van der Waals surface area contributed by atoms with Gasteiger partial charge in [-0.15, -0.1) is 0 Å². The average Bonchev–Trinajstić information content (AvgIpc) is 2.96. The SMILES string of the molecule is CC(C)c1c(B2OC(C)(C)C(C)(C)O2)n(C(=O)OC(C)(C)C)c2ccc(Br)nc12. The van der Waals surface area contributed by atoms with Crippen LogP contribution < -0.4 is 5.59 Å². The molecule has 158 valence electrons. The topological polar surface area (TPSA) is 62.6 Å². The summed E-state index contributed by atoms with van der Waals surface area (Å²) in [6, 6.07) is 3.69. The van der Waals surface area contributed by atoms with Gasteiger partial charge >= 0.3 is 13.2 Å². The highest BCUT2D eigenvalue weighted by molar-refractivity contribution is 9.10. The molecule has 6 nitrogen and oxygen atoms in total. The summed E-state index contributed by atoms with van der Waals surface area (Å²) in [6.45, 7) is 17.7. The Hall–Kier alpha value is -1.38. The monoisotopic (exact) mass is 464 g/mol. The summed E-state index contributed by atoms with van der Waals surface area (Å²) < 4.78 is 20.7. The van der Waals surface area contributed by atoms with Crippen LogP contribution in [0.3, 0.4) is 0 Å². The molecule has 2 aromatic heterocycles. The van der Waals surface area contributed by atoms with Crippen LogP contribution in [0.15, 0.2) is 16.7 Å². The van der Waals surface area contributed by atoms with Gasteiger partial charge in [0.2, 0.25) is 0 Å². The van der Waals surface area contributed by atoms with Crippen molar-refractivity contribution in [2.45, 2.75) is 85.0 Å². The van der Waals surface area contributed by atoms with E-state index in [2.05, 4.69) is 34.8 Å². The molecule has 1 saturated heterocycles. The molecule has 0 spiro atoms. The van der Waals surface area contributed by atoms with Crippen LogP contribution in [-0.4, -0.2) is 39.6 Å². The van der Waals surface area contributed by atoms with Crippen LogP contribution in [0.4, 0.5) is 4.79 Å². The van der Waals surface area contributed by atoms with Crippen molar-refractivity contribution in [2.24, 2.45) is 0 Å². The van der Waals surface area contributed by atoms with E-state index in [0.29, 0.717) is 15.7 Å². The second-order valence-electron chi connectivity index (χ2n) is 9.86. The third-order valence-electron chi connectivity index (χ3n) is 5.48. The molecule has 3 rings (SSSR count). The quantitative estimate of drug-likeness (QED) is 0.462. The molecule has 0 radical (unpaired) electrons. The van der Waals surface area contributed by atoms with Gasteiger partial charge in [0.1, 0.15) is 10.2 Å². The molecule has 2 aromatic rings. The summed E-state index contributed by atoms with van der Waals surface area (Å²) in [4.78, 5) is 18.0. The van der Waals surface area contributed by atoms with Gasteiger partial charge in [-0.1, -0.05) is 13.8 Å². The Morgan fingerprint density at radius 3 is 2.21 bits per heavy atom. The number of carbonyl (C=O) groups is 1. The lowest BCUT2D eigenvalue weighted by molar-refractivity contribution is 0.00578. The van der Waals surface area contributed by atoms with E-state index in [1.54, 1.807) is 4.57 Å². The fraction of sp³-hybridized carbons (Fsp3) is 0.619. The Balaban J connectivity index is 2.31. The van der Waals surface area contributed by atoms with Crippen LogP contribution in [0, 0.1) is 0 Å². The van der Waals surface area contributed by atoms with E-state index in [0.717, 1.165) is 11.1 Å². The van der Waals surface area contributed by atoms with Crippen LogP contribution in [0.5, 0.6) is 0 Å². The number of pyridine rings is 1. The lowest BCUT2D eigenvalue weighted by atomic mass is 9.78. The van der Waals surface area contributed by atoms with Gasteiger partial charge in [-0.2, -0.15) is 0 Å². The Kier molecular flexibility index (Phi) is 5.46. The summed E-state index contributed by atoms with van der Waals surface area (Å²) in [5, 5.41) is 0. The smallest absolute Gasteiger partial charge is 0.443 e. The zero-order chi connectivity index (χ0) is 21.9. The first-order valence-electron chi connectivity index (χ1n) is 9.94. The van der Waals surface area contributed by atoms with Gasteiger partial charge in [0, 0.05) is 0 Å². The Labute approximate surface area is 181 Å². The molecular formula is C21H30BBrN2O4. The molecule has 0 atom stereocenters. The van der Waals surface area contributed by atoms with Crippen molar-refractivity contribution in [1.82, 2.24) is 9.55 Å². The molecule has 8 heteroatoms. The average molecular weight is 465 g/mol. The maximum absolute atomic E-state index is 13.3. The summed E-state index contributed by atoms with van der Waals surface area (Å²) in [6.07, 6.45) is -0.469. The number of carbonyl (C=O) groups excluding carboxylic acids is 1. The number of halogens is 1. The molecule has 0 N–H and O–H groups in total. The van der Waals surface area contributed by atoms with E-state index >= 15 is 0 Å². The summed E-state index contributed by atoms with van der Waals surface area (Å²) >= 11 is 3.46. The van der Waals surface area contributed by atoms with Crippen molar-refractivity contribution in [2.75, 3.05) is 0 Å². The zero-order valence-corrected chi connectivity index (χ0v) is 20.3. The van der Waals surface area contributed by atoms with Gasteiger partial charge in [-0.3, -0.25) is 4.57 Å². The normalized spacial score (nSPS) is 18.7. The Morgan fingerprint density at radius 1 is 1.17 bits per heavy atom. The maximum atomic E-state index is 13.3. The van der Waals surface area contributed by atoms with Crippen LogP contribution in [-0.2, 0) is 14.0 Å². The molecule has 0 bridgehead atoms. The van der Waals surface area contributed by atoms with Crippen molar-refractivity contribution in [3.8, 4) is 0 Å². The van der Waals surface area contributed by atoms with Crippen molar-refractivity contribution >= 4 is 45.8 Å². The molecule has 29 heavy (non-hydrogen) atoms. The molecule has 0 amide bonds. The Bertz CT molecular complexity index is 944. The fourth-order valence-corrected chi connectivity index (χ4v) is 3.75. The first-order chi connectivity index (χ1) is 13.1. The molecular weight excluding hydrogens is 435 g/mol. The van der Waals surface area contributed by atoms with Crippen molar-refractivity contribution in [1.29, 1.82) is 0 Å². The largest absolute Gasteiger partial charge is 0.513 e. The van der Waals surface area contributed by atoms with E-state index in [1.807, 2.05) is 60.6 Å². The predicted octanol–water partition coefficient (Wildman–Crippen LogP) is 5.00. The minimum absolute atomic E-state index is 0.0945. The van der Waals surface area contributed by atoms with Gasteiger partial charge < -0.3 is 14.0 Å². The highest BCUT2D eigenvalue weighted by Crippen LogP contribution is 2.38. The molecule has 1 aliphatic rings. The molecule has 1 fully saturated rings. The lowest BCUT2D eigenvalue weighted by Crippen LogP contribution is -2.44. The first-order valence-corrected chi connectivity index (χ1v) is 10.7. The number of aromatic nitrogens is 2. The Morgan fingerprint density at radius 2 is 1.72 bits per heavy atom. The maximum Gasteiger partial charge on any atom is 0.513 e. The number of nitrogens with zero attached hydrogens (tertiary/aromatic N) is 2. The molecule has 0 unspecified atom stereocenters. The van der Waals surface area contributed by atoms with Crippen LogP contribution in [0.2, 0.25) is 0 Å². The fourth-order valence-electron chi connectivity index (χ4n) is 3.44. The summed E-state index contributed by atoms with van der Waals surface area (Å²) in [7, 11) is -0.710. The van der Waals surface area contributed by atoms with Crippen molar-refractivity contribution in [3.63, 3.8) is 0 Å². The minimum atomic E-state index is -0.710.